The molecule has 17 heavy (non-hydrogen) atoms. The van der Waals surface area contributed by atoms with Gasteiger partial charge in [-0.25, -0.2) is 13.1 Å². The lowest BCUT2D eigenvalue weighted by Gasteiger charge is -2.05. The van der Waals surface area contributed by atoms with Crippen molar-refractivity contribution in [3.8, 4) is 0 Å². The molecule has 1 rings (SSSR count). The minimum Gasteiger partial charge on any atom is -0.286 e. The zero-order valence-corrected chi connectivity index (χ0v) is 10.5. The Bertz CT molecular complexity index is 550. The van der Waals surface area contributed by atoms with E-state index in [4.69, 9.17) is 4.55 Å². The Morgan fingerprint density at radius 2 is 1.94 bits per heavy atom. The highest BCUT2D eigenvalue weighted by molar-refractivity contribution is 7.89. The predicted octanol–water partition coefficient (Wildman–Crippen LogP) is 0.0430. The number of hydrogen-bond acceptors (Lipinski definition) is 4. The fourth-order valence-corrected chi connectivity index (χ4v) is 2.64. The van der Waals surface area contributed by atoms with Gasteiger partial charge in [-0.2, -0.15) is 8.42 Å². The van der Waals surface area contributed by atoms with Gasteiger partial charge in [0.25, 0.3) is 10.1 Å². The molecule has 1 radical (unpaired) electrons. The molecule has 0 aromatic heterocycles. The van der Waals surface area contributed by atoms with Crippen molar-refractivity contribution in [1.82, 2.24) is 4.72 Å². The molecule has 0 aliphatic carbocycles. The Hall–Kier alpha value is -0.960. The van der Waals surface area contributed by atoms with Crippen LogP contribution in [0.1, 0.15) is 6.42 Å². The molecule has 0 fully saturated rings. The average Bonchev–Trinajstić information content (AvgIpc) is 2.25. The molecule has 2 N–H and O–H groups in total. The van der Waals surface area contributed by atoms with Crippen LogP contribution < -0.4 is 4.72 Å². The third kappa shape index (κ3) is 5.26. The summed E-state index contributed by atoms with van der Waals surface area (Å²) in [5.74, 6) is -0.478. The highest BCUT2D eigenvalue weighted by Gasteiger charge is 2.13. The van der Waals surface area contributed by atoms with Gasteiger partial charge in [0, 0.05) is 12.6 Å². The van der Waals surface area contributed by atoms with Gasteiger partial charge in [-0.1, -0.05) is 18.2 Å². The van der Waals surface area contributed by atoms with E-state index in [1.165, 1.54) is 12.1 Å². The summed E-state index contributed by atoms with van der Waals surface area (Å²) in [6, 6.07) is 8.59. The smallest absolute Gasteiger partial charge is 0.264 e. The van der Waals surface area contributed by atoms with Crippen LogP contribution in [0.3, 0.4) is 0 Å². The van der Waals surface area contributed by atoms with E-state index in [0.29, 0.717) is 0 Å². The van der Waals surface area contributed by atoms with Crippen LogP contribution in [0.2, 0.25) is 0 Å². The highest BCUT2D eigenvalue weighted by Crippen LogP contribution is 2.05. The van der Waals surface area contributed by atoms with Crippen LogP contribution in [0.15, 0.2) is 29.2 Å². The molecule has 95 valence electrons. The number of benzene rings is 1. The average molecular weight is 278 g/mol. The number of sulfonamides is 1. The molecule has 8 heteroatoms. The molecule has 1 aromatic carbocycles. The molecule has 0 saturated carbocycles. The van der Waals surface area contributed by atoms with E-state index in [0.717, 1.165) is 0 Å². The lowest BCUT2D eigenvalue weighted by atomic mass is 10.4. The Balaban J connectivity index is 2.53. The Labute approximate surface area is 100 Å². The van der Waals surface area contributed by atoms with Crippen LogP contribution in [0.4, 0.5) is 0 Å². The third-order valence-corrected chi connectivity index (χ3v) is 4.06. The Morgan fingerprint density at radius 3 is 2.47 bits per heavy atom. The fourth-order valence-electron chi connectivity index (χ4n) is 1.08. The van der Waals surface area contributed by atoms with E-state index >= 15 is 0 Å². The molecule has 0 unspecified atom stereocenters. The summed E-state index contributed by atoms with van der Waals surface area (Å²) in [5, 5.41) is 0. The number of nitrogens with one attached hydrogen (secondary N) is 1. The first kappa shape index (κ1) is 14.1. The van der Waals surface area contributed by atoms with Gasteiger partial charge >= 0.3 is 0 Å². The van der Waals surface area contributed by atoms with Gasteiger partial charge in [-0.15, -0.1) is 0 Å². The molecule has 0 atom stereocenters. The van der Waals surface area contributed by atoms with Gasteiger partial charge in [0.2, 0.25) is 10.0 Å². The van der Waals surface area contributed by atoms with Crippen LogP contribution in [0.5, 0.6) is 0 Å². The van der Waals surface area contributed by atoms with Gasteiger partial charge in [0.15, 0.2) is 0 Å². The second-order valence-corrected chi connectivity index (χ2v) is 6.57. The summed E-state index contributed by atoms with van der Waals surface area (Å²) >= 11 is 0. The largest absolute Gasteiger partial charge is 0.286 e. The molecule has 0 heterocycles. The summed E-state index contributed by atoms with van der Waals surface area (Å²) in [7, 11) is -7.71. The van der Waals surface area contributed by atoms with E-state index in [1.807, 2.05) is 0 Å². The monoisotopic (exact) mass is 278 g/mol. The van der Waals surface area contributed by atoms with Gasteiger partial charge in [-0.3, -0.25) is 4.55 Å². The van der Waals surface area contributed by atoms with E-state index in [1.54, 1.807) is 12.1 Å². The maximum atomic E-state index is 11.6. The van der Waals surface area contributed by atoms with Crippen molar-refractivity contribution in [1.29, 1.82) is 0 Å². The van der Waals surface area contributed by atoms with Crippen molar-refractivity contribution < 1.29 is 21.4 Å². The van der Waals surface area contributed by atoms with Gasteiger partial charge in [0.1, 0.15) is 0 Å². The first-order valence-corrected chi connectivity index (χ1v) is 7.82. The molecule has 0 aliphatic rings. The lowest BCUT2D eigenvalue weighted by Crippen LogP contribution is -2.26. The van der Waals surface area contributed by atoms with Gasteiger partial charge in [0.05, 0.1) is 10.6 Å². The van der Waals surface area contributed by atoms with Crippen molar-refractivity contribution in [3.05, 3.63) is 30.3 Å². The molecule has 0 aliphatic heterocycles. The molecular formula is C9H12NO5S2. The zero-order valence-electron chi connectivity index (χ0n) is 8.83. The van der Waals surface area contributed by atoms with Crippen molar-refractivity contribution in [3.63, 3.8) is 0 Å². The standard InChI is InChI=1S/C9H12NO5S2/c11-16(12,13)8-4-7-10-17(14,15)9-5-2-1-3-6-9/h1-3,5,10H,4,7-8H2,(H,11,12,13). The maximum Gasteiger partial charge on any atom is 0.264 e. The molecule has 0 amide bonds. The van der Waals surface area contributed by atoms with E-state index in [-0.39, 0.29) is 17.9 Å². The molecule has 1 aromatic rings. The third-order valence-electron chi connectivity index (χ3n) is 1.84. The van der Waals surface area contributed by atoms with Crippen molar-refractivity contribution in [2.24, 2.45) is 0 Å². The minimum absolute atomic E-state index is 0.00486. The Kier molecular flexibility index (Phi) is 4.63. The first-order chi connectivity index (χ1) is 7.81. The highest BCUT2D eigenvalue weighted by atomic mass is 32.2. The quantitative estimate of drug-likeness (QED) is 0.565. The van der Waals surface area contributed by atoms with Crippen LogP contribution in [0.25, 0.3) is 0 Å². The Morgan fingerprint density at radius 1 is 1.24 bits per heavy atom. The van der Waals surface area contributed by atoms with Crippen LogP contribution in [-0.2, 0) is 20.1 Å². The predicted molar refractivity (Wildman–Crippen MR) is 61.5 cm³/mol. The summed E-state index contributed by atoms with van der Waals surface area (Å²) in [6.07, 6.45) is 0.00486. The van der Waals surface area contributed by atoms with Crippen LogP contribution in [-0.4, -0.2) is 33.7 Å². The molecule has 0 spiro atoms. The van der Waals surface area contributed by atoms with Gasteiger partial charge in [-0.05, 0) is 12.5 Å². The first-order valence-electron chi connectivity index (χ1n) is 4.73. The minimum atomic E-state index is -4.05. The van der Waals surface area contributed by atoms with E-state index in [9.17, 15) is 16.8 Å². The SMILES string of the molecule is O=S(=O)(O)CCCNS(=O)(=O)c1[c]cccc1. The van der Waals surface area contributed by atoms with Gasteiger partial charge < -0.3 is 0 Å². The summed E-state index contributed by atoms with van der Waals surface area (Å²) in [5.41, 5.74) is 0. The normalized spacial score (nSPS) is 12.5. The second-order valence-electron chi connectivity index (χ2n) is 3.26. The maximum absolute atomic E-state index is 11.6. The summed E-state index contributed by atoms with van der Waals surface area (Å²) in [4.78, 5) is -0.00754. The van der Waals surface area contributed by atoms with Crippen LogP contribution in [0, 0.1) is 6.07 Å². The molecule has 0 saturated heterocycles. The molecular weight excluding hydrogens is 266 g/mol. The topological polar surface area (TPSA) is 101 Å². The summed E-state index contributed by atoms with van der Waals surface area (Å²) < 4.78 is 54.7. The zero-order chi connectivity index (χ0) is 12.9. The van der Waals surface area contributed by atoms with Crippen molar-refractivity contribution in [2.45, 2.75) is 11.3 Å². The second kappa shape index (κ2) is 5.58. The van der Waals surface area contributed by atoms with Crippen molar-refractivity contribution in [2.75, 3.05) is 12.3 Å². The summed E-state index contributed by atoms with van der Waals surface area (Å²) in [6.45, 7) is -0.0646. The van der Waals surface area contributed by atoms with Crippen LogP contribution >= 0.6 is 0 Å². The molecule has 6 nitrogen and oxygen atoms in total. The number of hydrogen-bond donors (Lipinski definition) is 2. The van der Waals surface area contributed by atoms with E-state index < -0.39 is 25.9 Å². The number of rotatable bonds is 6. The lowest BCUT2D eigenvalue weighted by molar-refractivity contribution is 0.480. The fraction of sp³-hybridized carbons (Fsp3) is 0.333. The van der Waals surface area contributed by atoms with E-state index in [2.05, 4.69) is 10.8 Å². The van der Waals surface area contributed by atoms with Crippen molar-refractivity contribution >= 4 is 20.1 Å². The molecule has 0 bridgehead atoms.